The van der Waals surface area contributed by atoms with Gasteiger partial charge in [0.15, 0.2) is 5.03 Å². The first-order valence-corrected chi connectivity index (χ1v) is 7.63. The average molecular weight is 326 g/mol. The summed E-state index contributed by atoms with van der Waals surface area (Å²) < 4.78 is 61.7. The summed E-state index contributed by atoms with van der Waals surface area (Å²) in [5.41, 5.74) is -4.33. The van der Waals surface area contributed by atoms with E-state index in [-0.39, 0.29) is 5.56 Å². The number of aromatic amines is 1. The lowest BCUT2D eigenvalue weighted by atomic mass is 10.1. The molecular formula is C14H9F3N2O2S. The van der Waals surface area contributed by atoms with E-state index in [0.29, 0.717) is 5.56 Å². The molecule has 8 heteroatoms. The fourth-order valence-electron chi connectivity index (χ4n) is 2.16. The van der Waals surface area contributed by atoms with Crippen molar-refractivity contribution in [3.63, 3.8) is 0 Å². The Morgan fingerprint density at radius 3 is 2.59 bits per heavy atom. The third-order valence-corrected chi connectivity index (χ3v) is 4.64. The van der Waals surface area contributed by atoms with Crippen molar-refractivity contribution in [3.05, 3.63) is 48.8 Å². The number of rotatable bonds is 2. The molecule has 0 amide bonds. The van der Waals surface area contributed by atoms with E-state index in [4.69, 9.17) is 0 Å². The number of hydrogen-bond acceptors (Lipinski definition) is 3. The third-order valence-electron chi connectivity index (χ3n) is 3.19. The van der Waals surface area contributed by atoms with Crippen molar-refractivity contribution >= 4 is 20.7 Å². The molecule has 0 spiro atoms. The zero-order chi connectivity index (χ0) is 16.0. The first-order chi connectivity index (χ1) is 10.3. The van der Waals surface area contributed by atoms with E-state index >= 15 is 0 Å². The van der Waals surface area contributed by atoms with Gasteiger partial charge in [-0.1, -0.05) is 6.07 Å². The number of nitrogens with zero attached hydrogens (tertiary/aromatic N) is 1. The van der Waals surface area contributed by atoms with Crippen molar-refractivity contribution in [2.24, 2.45) is 0 Å². The first kappa shape index (κ1) is 14.6. The van der Waals surface area contributed by atoms with E-state index in [9.17, 15) is 21.6 Å². The van der Waals surface area contributed by atoms with Gasteiger partial charge in [-0.15, -0.1) is 0 Å². The number of pyridine rings is 1. The van der Waals surface area contributed by atoms with E-state index in [2.05, 4.69) is 9.97 Å². The molecule has 1 N–H and O–H groups in total. The van der Waals surface area contributed by atoms with Crippen LogP contribution in [0.3, 0.4) is 0 Å². The van der Waals surface area contributed by atoms with Gasteiger partial charge in [0.05, 0.1) is 0 Å². The molecule has 3 aromatic rings. The molecule has 0 aliphatic carbocycles. The van der Waals surface area contributed by atoms with Gasteiger partial charge in [-0.25, -0.2) is 13.4 Å². The van der Waals surface area contributed by atoms with E-state index < -0.39 is 20.4 Å². The van der Waals surface area contributed by atoms with Crippen molar-refractivity contribution in [1.82, 2.24) is 9.97 Å². The number of fused-ring (bicyclic) bond motifs is 1. The molecule has 0 saturated carbocycles. The van der Waals surface area contributed by atoms with E-state index in [1.54, 1.807) is 30.5 Å². The summed E-state index contributed by atoms with van der Waals surface area (Å²) in [6.07, 6.45) is 2.71. The topological polar surface area (TPSA) is 62.8 Å². The summed E-state index contributed by atoms with van der Waals surface area (Å²) in [4.78, 5) is 6.40. The molecule has 3 rings (SSSR count). The highest BCUT2D eigenvalue weighted by molar-refractivity contribution is 7.92. The maximum Gasteiger partial charge on any atom is 0.503 e. The Morgan fingerprint density at radius 2 is 1.86 bits per heavy atom. The Labute approximate surface area is 123 Å². The standard InChI is InChI=1S/C14H9F3N2O2S/c15-14(16,17)22(20,21)13-11(2-1-6-19-13)9-3-4-12-10(8-9)5-7-18-12/h1-8,18H. The van der Waals surface area contributed by atoms with Crippen molar-refractivity contribution < 1.29 is 21.6 Å². The maximum atomic E-state index is 12.8. The molecule has 0 bridgehead atoms. The number of alkyl halides is 3. The van der Waals surface area contributed by atoms with Crippen LogP contribution in [0.4, 0.5) is 13.2 Å². The van der Waals surface area contributed by atoms with E-state index in [1.165, 1.54) is 12.1 Å². The zero-order valence-electron chi connectivity index (χ0n) is 10.9. The third kappa shape index (κ3) is 2.25. The van der Waals surface area contributed by atoms with Gasteiger partial charge in [-0.05, 0) is 41.3 Å². The van der Waals surface area contributed by atoms with Gasteiger partial charge < -0.3 is 4.98 Å². The number of H-pyrrole nitrogens is 1. The minimum atomic E-state index is -5.51. The van der Waals surface area contributed by atoms with Crippen molar-refractivity contribution in [2.75, 3.05) is 0 Å². The van der Waals surface area contributed by atoms with Gasteiger partial charge >= 0.3 is 5.51 Å². The van der Waals surface area contributed by atoms with Gasteiger partial charge in [0.2, 0.25) is 0 Å². The number of sulfone groups is 1. The molecule has 22 heavy (non-hydrogen) atoms. The average Bonchev–Trinajstić information content (AvgIpc) is 2.93. The number of aromatic nitrogens is 2. The maximum absolute atomic E-state index is 12.8. The molecule has 0 unspecified atom stereocenters. The van der Waals surface area contributed by atoms with Gasteiger partial charge in [-0.3, -0.25) is 0 Å². The van der Waals surface area contributed by atoms with Crippen LogP contribution in [0, 0.1) is 0 Å². The molecule has 0 atom stereocenters. The fourth-order valence-corrected chi connectivity index (χ4v) is 3.05. The molecule has 1 aromatic carbocycles. The number of benzene rings is 1. The number of hydrogen-bond donors (Lipinski definition) is 1. The molecule has 0 saturated heterocycles. The largest absolute Gasteiger partial charge is 0.503 e. The highest BCUT2D eigenvalue weighted by atomic mass is 32.2. The molecular weight excluding hydrogens is 317 g/mol. The minimum Gasteiger partial charge on any atom is -0.361 e. The van der Waals surface area contributed by atoms with Crippen LogP contribution in [0.5, 0.6) is 0 Å². The lowest BCUT2D eigenvalue weighted by Crippen LogP contribution is -2.24. The highest BCUT2D eigenvalue weighted by Gasteiger charge is 2.49. The normalized spacial score (nSPS) is 12.7. The summed E-state index contributed by atoms with van der Waals surface area (Å²) in [6, 6.07) is 9.27. The lowest BCUT2D eigenvalue weighted by Gasteiger charge is -2.11. The van der Waals surface area contributed by atoms with Crippen molar-refractivity contribution in [2.45, 2.75) is 10.5 Å². The van der Waals surface area contributed by atoms with Crippen LogP contribution in [-0.4, -0.2) is 23.9 Å². The summed E-state index contributed by atoms with van der Waals surface area (Å²) in [6.45, 7) is 0. The molecule has 2 heterocycles. The predicted octanol–water partition coefficient (Wildman–Crippen LogP) is 3.52. The van der Waals surface area contributed by atoms with Crippen molar-refractivity contribution in [1.29, 1.82) is 0 Å². The van der Waals surface area contributed by atoms with Crippen LogP contribution < -0.4 is 0 Å². The number of halogens is 3. The van der Waals surface area contributed by atoms with Crippen LogP contribution in [0.1, 0.15) is 0 Å². The molecule has 0 aliphatic rings. The number of nitrogens with one attached hydrogen (secondary N) is 1. The van der Waals surface area contributed by atoms with E-state index in [1.807, 2.05) is 0 Å². The quantitative estimate of drug-likeness (QED) is 0.784. The Balaban J connectivity index is 2.24. The molecule has 0 fully saturated rings. The monoisotopic (exact) mass is 326 g/mol. The van der Waals surface area contributed by atoms with Gasteiger partial charge in [0, 0.05) is 23.5 Å². The van der Waals surface area contributed by atoms with Crippen molar-refractivity contribution in [3.8, 4) is 11.1 Å². The second-order valence-corrected chi connectivity index (χ2v) is 6.44. The molecule has 4 nitrogen and oxygen atoms in total. The molecule has 2 aromatic heterocycles. The second-order valence-electron chi connectivity index (χ2n) is 4.58. The highest BCUT2D eigenvalue weighted by Crippen LogP contribution is 2.35. The van der Waals surface area contributed by atoms with Gasteiger partial charge in [0.1, 0.15) is 0 Å². The predicted molar refractivity (Wildman–Crippen MR) is 74.8 cm³/mol. The zero-order valence-corrected chi connectivity index (χ0v) is 11.7. The van der Waals surface area contributed by atoms with E-state index in [0.717, 1.165) is 17.1 Å². The van der Waals surface area contributed by atoms with Gasteiger partial charge in [-0.2, -0.15) is 13.2 Å². The summed E-state index contributed by atoms with van der Waals surface area (Å²) in [7, 11) is -5.51. The molecule has 0 radical (unpaired) electrons. The Bertz CT molecular complexity index is 946. The van der Waals surface area contributed by atoms with Crippen LogP contribution in [-0.2, 0) is 9.84 Å². The smallest absolute Gasteiger partial charge is 0.361 e. The van der Waals surface area contributed by atoms with Crippen LogP contribution in [0.2, 0.25) is 0 Å². The van der Waals surface area contributed by atoms with Crippen LogP contribution >= 0.6 is 0 Å². The summed E-state index contributed by atoms with van der Waals surface area (Å²) in [5.74, 6) is 0. The Kier molecular flexibility index (Phi) is 3.21. The Morgan fingerprint density at radius 1 is 1.09 bits per heavy atom. The minimum absolute atomic E-state index is 0.0806. The Hall–Kier alpha value is -2.35. The summed E-state index contributed by atoms with van der Waals surface area (Å²) >= 11 is 0. The SMILES string of the molecule is O=S(=O)(c1ncccc1-c1ccc2[nH]ccc2c1)C(F)(F)F. The van der Waals surface area contributed by atoms with Crippen LogP contribution in [0.25, 0.3) is 22.0 Å². The molecule has 114 valence electrons. The molecule has 0 aliphatic heterocycles. The first-order valence-electron chi connectivity index (χ1n) is 6.14. The van der Waals surface area contributed by atoms with Gasteiger partial charge in [0.25, 0.3) is 9.84 Å². The lowest BCUT2D eigenvalue weighted by molar-refractivity contribution is -0.0437. The van der Waals surface area contributed by atoms with Crippen LogP contribution in [0.15, 0.2) is 53.8 Å². The fraction of sp³-hybridized carbons (Fsp3) is 0.0714. The second kappa shape index (κ2) is 4.84. The summed E-state index contributed by atoms with van der Waals surface area (Å²) in [5, 5.41) is -0.228.